The third-order valence-electron chi connectivity index (χ3n) is 3.11. The number of nitrogens with zero attached hydrogens (tertiary/aromatic N) is 1. The SMILES string of the molecule is Oc1ccc(CNc2cccc(-c3ccn[nH]3)c2)cc1. The minimum absolute atomic E-state index is 0.287. The van der Waals surface area contributed by atoms with Gasteiger partial charge in [-0.2, -0.15) is 5.10 Å². The van der Waals surface area contributed by atoms with E-state index in [4.69, 9.17) is 0 Å². The van der Waals surface area contributed by atoms with Crippen molar-refractivity contribution >= 4 is 5.69 Å². The molecule has 3 aromatic rings. The molecule has 0 unspecified atom stereocenters. The molecule has 0 saturated carbocycles. The molecule has 0 spiro atoms. The summed E-state index contributed by atoms with van der Waals surface area (Å²) in [5.41, 5.74) is 4.26. The first-order chi connectivity index (χ1) is 9.81. The predicted molar refractivity (Wildman–Crippen MR) is 79.5 cm³/mol. The number of nitrogens with one attached hydrogen (secondary N) is 2. The normalized spacial score (nSPS) is 10.4. The Hall–Kier alpha value is -2.75. The highest BCUT2D eigenvalue weighted by atomic mass is 16.3. The molecular formula is C16H15N3O. The van der Waals surface area contributed by atoms with E-state index in [1.54, 1.807) is 18.3 Å². The summed E-state index contributed by atoms with van der Waals surface area (Å²) in [6.45, 7) is 0.715. The molecule has 100 valence electrons. The second-order valence-electron chi connectivity index (χ2n) is 4.57. The fourth-order valence-electron chi connectivity index (χ4n) is 2.03. The van der Waals surface area contributed by atoms with Gasteiger partial charge in [0.05, 0.1) is 5.69 Å². The van der Waals surface area contributed by atoms with E-state index >= 15 is 0 Å². The summed E-state index contributed by atoms with van der Waals surface area (Å²) >= 11 is 0. The third kappa shape index (κ3) is 2.80. The van der Waals surface area contributed by atoms with E-state index in [9.17, 15) is 5.11 Å². The van der Waals surface area contributed by atoms with Crippen LogP contribution in [0, 0.1) is 0 Å². The van der Waals surface area contributed by atoms with Crippen molar-refractivity contribution in [1.82, 2.24) is 10.2 Å². The largest absolute Gasteiger partial charge is 0.508 e. The molecular weight excluding hydrogens is 250 g/mol. The highest BCUT2D eigenvalue weighted by Crippen LogP contribution is 2.21. The van der Waals surface area contributed by atoms with E-state index in [2.05, 4.69) is 21.6 Å². The molecule has 0 aliphatic rings. The van der Waals surface area contributed by atoms with Gasteiger partial charge in [-0.3, -0.25) is 5.10 Å². The molecule has 2 aromatic carbocycles. The molecule has 0 saturated heterocycles. The number of phenols is 1. The Morgan fingerprint density at radius 1 is 1.05 bits per heavy atom. The molecule has 0 bridgehead atoms. The van der Waals surface area contributed by atoms with Crippen LogP contribution in [0.5, 0.6) is 5.75 Å². The maximum atomic E-state index is 9.25. The molecule has 1 aromatic heterocycles. The lowest BCUT2D eigenvalue weighted by atomic mass is 10.1. The number of aromatic hydroxyl groups is 1. The average molecular weight is 265 g/mol. The first kappa shape index (κ1) is 12.3. The lowest BCUT2D eigenvalue weighted by molar-refractivity contribution is 0.475. The molecule has 3 N–H and O–H groups in total. The zero-order chi connectivity index (χ0) is 13.8. The van der Waals surface area contributed by atoms with Crippen molar-refractivity contribution < 1.29 is 5.11 Å². The summed E-state index contributed by atoms with van der Waals surface area (Å²) in [5, 5.41) is 19.5. The van der Waals surface area contributed by atoms with Crippen molar-refractivity contribution in [3.8, 4) is 17.0 Å². The van der Waals surface area contributed by atoms with Crippen LogP contribution in [0.2, 0.25) is 0 Å². The Morgan fingerprint density at radius 3 is 2.65 bits per heavy atom. The van der Waals surface area contributed by atoms with Gasteiger partial charge in [-0.15, -0.1) is 0 Å². The van der Waals surface area contributed by atoms with Crippen LogP contribution in [0.15, 0.2) is 60.8 Å². The van der Waals surface area contributed by atoms with Crippen LogP contribution < -0.4 is 5.32 Å². The van der Waals surface area contributed by atoms with Gasteiger partial charge in [-0.05, 0) is 35.9 Å². The predicted octanol–water partition coefficient (Wildman–Crippen LogP) is 3.39. The quantitative estimate of drug-likeness (QED) is 0.677. The molecule has 4 heteroatoms. The molecule has 0 atom stereocenters. The van der Waals surface area contributed by atoms with E-state index in [0.29, 0.717) is 6.54 Å². The minimum atomic E-state index is 0.287. The van der Waals surface area contributed by atoms with Gasteiger partial charge >= 0.3 is 0 Å². The fraction of sp³-hybridized carbons (Fsp3) is 0.0625. The summed E-state index contributed by atoms with van der Waals surface area (Å²) < 4.78 is 0. The number of benzene rings is 2. The van der Waals surface area contributed by atoms with Crippen molar-refractivity contribution in [3.05, 3.63) is 66.4 Å². The topological polar surface area (TPSA) is 60.9 Å². The fourth-order valence-corrected chi connectivity index (χ4v) is 2.03. The van der Waals surface area contributed by atoms with Crippen LogP contribution in [0.3, 0.4) is 0 Å². The van der Waals surface area contributed by atoms with Crippen molar-refractivity contribution in [2.45, 2.75) is 6.54 Å². The second-order valence-corrected chi connectivity index (χ2v) is 4.57. The van der Waals surface area contributed by atoms with E-state index < -0.39 is 0 Å². The van der Waals surface area contributed by atoms with Gasteiger partial charge in [0.15, 0.2) is 0 Å². The van der Waals surface area contributed by atoms with Crippen LogP contribution >= 0.6 is 0 Å². The highest BCUT2D eigenvalue weighted by Gasteiger charge is 2.00. The number of H-pyrrole nitrogens is 1. The molecule has 4 nitrogen and oxygen atoms in total. The third-order valence-corrected chi connectivity index (χ3v) is 3.11. The van der Waals surface area contributed by atoms with E-state index in [1.807, 2.05) is 36.4 Å². The smallest absolute Gasteiger partial charge is 0.115 e. The van der Waals surface area contributed by atoms with Crippen LogP contribution in [-0.4, -0.2) is 15.3 Å². The highest BCUT2D eigenvalue weighted by molar-refractivity contribution is 5.64. The molecule has 0 fully saturated rings. The minimum Gasteiger partial charge on any atom is -0.508 e. The first-order valence-corrected chi connectivity index (χ1v) is 6.43. The van der Waals surface area contributed by atoms with Crippen molar-refractivity contribution in [3.63, 3.8) is 0 Å². The number of hydrogen-bond acceptors (Lipinski definition) is 3. The van der Waals surface area contributed by atoms with Crippen LogP contribution in [-0.2, 0) is 6.54 Å². The monoisotopic (exact) mass is 265 g/mol. The number of hydrogen-bond donors (Lipinski definition) is 3. The standard InChI is InChI=1S/C16H15N3O/c20-15-6-4-12(5-7-15)11-17-14-3-1-2-13(10-14)16-8-9-18-19-16/h1-10,17,20H,11H2,(H,18,19). The van der Waals surface area contributed by atoms with Gasteiger partial charge < -0.3 is 10.4 Å². The summed E-state index contributed by atoms with van der Waals surface area (Å²) in [7, 11) is 0. The van der Waals surface area contributed by atoms with Crippen LogP contribution in [0.25, 0.3) is 11.3 Å². The molecule has 0 radical (unpaired) electrons. The van der Waals surface area contributed by atoms with Crippen LogP contribution in [0.4, 0.5) is 5.69 Å². The Kier molecular flexibility index (Phi) is 3.37. The van der Waals surface area contributed by atoms with E-state index in [0.717, 1.165) is 22.5 Å². The lowest BCUT2D eigenvalue weighted by Gasteiger charge is -2.08. The van der Waals surface area contributed by atoms with Gasteiger partial charge in [0.1, 0.15) is 5.75 Å². The zero-order valence-electron chi connectivity index (χ0n) is 10.9. The Bertz CT molecular complexity index is 675. The number of aromatic nitrogens is 2. The molecule has 1 heterocycles. The summed E-state index contributed by atoms with van der Waals surface area (Å²) in [6.07, 6.45) is 1.74. The molecule has 0 aliphatic heterocycles. The maximum absolute atomic E-state index is 9.25. The number of anilines is 1. The molecule has 0 amide bonds. The summed E-state index contributed by atoms with van der Waals surface area (Å²) in [4.78, 5) is 0. The number of aromatic amines is 1. The van der Waals surface area contributed by atoms with Crippen molar-refractivity contribution in [2.24, 2.45) is 0 Å². The average Bonchev–Trinajstić information content (AvgIpc) is 3.01. The van der Waals surface area contributed by atoms with Gasteiger partial charge in [0.25, 0.3) is 0 Å². The van der Waals surface area contributed by atoms with E-state index in [-0.39, 0.29) is 5.75 Å². The maximum Gasteiger partial charge on any atom is 0.115 e. The van der Waals surface area contributed by atoms with Gasteiger partial charge in [0.2, 0.25) is 0 Å². The molecule has 20 heavy (non-hydrogen) atoms. The Balaban J connectivity index is 1.72. The van der Waals surface area contributed by atoms with Crippen LogP contribution in [0.1, 0.15) is 5.56 Å². The summed E-state index contributed by atoms with van der Waals surface area (Å²) in [5.74, 6) is 0.287. The summed E-state index contributed by atoms with van der Waals surface area (Å²) in [6, 6.07) is 17.3. The number of phenolic OH excluding ortho intramolecular Hbond substituents is 1. The Morgan fingerprint density at radius 2 is 1.90 bits per heavy atom. The lowest BCUT2D eigenvalue weighted by Crippen LogP contribution is -1.99. The van der Waals surface area contributed by atoms with Gasteiger partial charge in [0, 0.05) is 24.0 Å². The molecule has 0 aliphatic carbocycles. The van der Waals surface area contributed by atoms with E-state index in [1.165, 1.54) is 0 Å². The second kappa shape index (κ2) is 5.48. The number of rotatable bonds is 4. The van der Waals surface area contributed by atoms with Crippen molar-refractivity contribution in [1.29, 1.82) is 0 Å². The van der Waals surface area contributed by atoms with Gasteiger partial charge in [-0.1, -0.05) is 24.3 Å². The Labute approximate surface area is 117 Å². The molecule has 3 rings (SSSR count). The van der Waals surface area contributed by atoms with Crippen molar-refractivity contribution in [2.75, 3.05) is 5.32 Å². The first-order valence-electron chi connectivity index (χ1n) is 6.43. The zero-order valence-corrected chi connectivity index (χ0v) is 10.9. The van der Waals surface area contributed by atoms with Gasteiger partial charge in [-0.25, -0.2) is 0 Å².